The van der Waals surface area contributed by atoms with Crippen LogP contribution >= 0.6 is 0 Å². The maximum absolute atomic E-state index is 4.81. The number of aryl methyl sites for hydroxylation is 1. The number of nitrogens with zero attached hydrogens (tertiary/aromatic N) is 3. The molecule has 0 radical (unpaired) electrons. The zero-order valence-corrected chi connectivity index (χ0v) is 15.1. The van der Waals surface area contributed by atoms with Crippen molar-refractivity contribution in [1.82, 2.24) is 9.55 Å². The summed E-state index contributed by atoms with van der Waals surface area (Å²) in [5.74, 6) is 1.11. The third-order valence-electron chi connectivity index (χ3n) is 5.41. The smallest absolute Gasteiger partial charge is 0.153 e. The van der Waals surface area contributed by atoms with Gasteiger partial charge in [-0.05, 0) is 42.5 Å². The van der Waals surface area contributed by atoms with Crippen molar-refractivity contribution in [2.75, 3.05) is 11.4 Å². The van der Waals surface area contributed by atoms with Crippen LogP contribution in [0.5, 0.6) is 0 Å². The van der Waals surface area contributed by atoms with Crippen LogP contribution in [0.4, 0.5) is 5.82 Å². The average Bonchev–Trinajstić information content (AvgIpc) is 2.93. The summed E-state index contributed by atoms with van der Waals surface area (Å²) >= 11 is 0. The molecule has 0 saturated heterocycles. The third-order valence-corrected chi connectivity index (χ3v) is 5.41. The second-order valence-electron chi connectivity index (χ2n) is 6.80. The molecule has 1 aliphatic heterocycles. The molecule has 0 saturated carbocycles. The van der Waals surface area contributed by atoms with Crippen LogP contribution in [0, 0.1) is 6.92 Å². The number of pyridine rings is 1. The minimum absolute atomic E-state index is 0.830. The van der Waals surface area contributed by atoms with Crippen molar-refractivity contribution in [2.45, 2.75) is 39.8 Å². The molecule has 2 aromatic heterocycles. The van der Waals surface area contributed by atoms with Crippen molar-refractivity contribution in [3.63, 3.8) is 0 Å². The van der Waals surface area contributed by atoms with E-state index in [9.17, 15) is 0 Å². The maximum atomic E-state index is 4.81. The Morgan fingerprint density at radius 1 is 1.20 bits per heavy atom. The fourth-order valence-corrected chi connectivity index (χ4v) is 4.20. The molecular formula is C22H25N3. The van der Waals surface area contributed by atoms with Gasteiger partial charge in [0.1, 0.15) is 0 Å². The number of allylic oxidation sites excluding steroid dienone is 1. The van der Waals surface area contributed by atoms with E-state index < -0.39 is 0 Å². The predicted molar refractivity (Wildman–Crippen MR) is 105 cm³/mol. The highest BCUT2D eigenvalue weighted by atomic mass is 15.2. The van der Waals surface area contributed by atoms with Gasteiger partial charge in [0.05, 0.1) is 5.52 Å². The van der Waals surface area contributed by atoms with E-state index in [0.717, 1.165) is 38.3 Å². The average molecular weight is 331 g/mol. The lowest BCUT2D eigenvalue weighted by molar-refractivity contribution is 0.717. The fraction of sp³-hybridized carbons (Fsp3) is 0.318. The van der Waals surface area contributed by atoms with Crippen LogP contribution in [0.15, 0.2) is 49.2 Å². The van der Waals surface area contributed by atoms with Crippen molar-refractivity contribution < 1.29 is 0 Å². The highest BCUT2D eigenvalue weighted by molar-refractivity contribution is 5.93. The first kappa shape index (κ1) is 15.9. The Kier molecular flexibility index (Phi) is 4.08. The fourth-order valence-electron chi connectivity index (χ4n) is 4.20. The number of rotatable bonds is 4. The molecule has 0 spiro atoms. The predicted octanol–water partition coefficient (Wildman–Crippen LogP) is 4.66. The first-order chi connectivity index (χ1) is 12.2. The largest absolute Gasteiger partial charge is 0.350 e. The molecule has 0 amide bonds. The number of aromatic nitrogens is 2. The van der Waals surface area contributed by atoms with E-state index in [1.165, 1.54) is 33.3 Å². The molecule has 4 rings (SSSR count). The lowest BCUT2D eigenvalue weighted by atomic mass is 10.00. The molecule has 0 atom stereocenters. The van der Waals surface area contributed by atoms with Crippen LogP contribution in [-0.4, -0.2) is 16.1 Å². The number of anilines is 1. The summed E-state index contributed by atoms with van der Waals surface area (Å²) in [6, 6.07) is 10.9. The zero-order chi connectivity index (χ0) is 17.4. The monoisotopic (exact) mass is 331 g/mol. The standard InChI is InChI=1S/C22H25N3/c1-4-13-25-20(5-2)16(3)19-10-12-23-22(21(19)25)24-14-11-17-8-6-7-9-18(17)15-24/h4,6-10,12H,1,5,11,13-15H2,2-3H3. The third kappa shape index (κ3) is 2.55. The van der Waals surface area contributed by atoms with Gasteiger partial charge in [-0.25, -0.2) is 4.98 Å². The van der Waals surface area contributed by atoms with Gasteiger partial charge in [0.25, 0.3) is 0 Å². The van der Waals surface area contributed by atoms with Gasteiger partial charge in [-0.15, -0.1) is 6.58 Å². The van der Waals surface area contributed by atoms with E-state index in [0.29, 0.717) is 0 Å². The molecule has 3 nitrogen and oxygen atoms in total. The highest BCUT2D eigenvalue weighted by Crippen LogP contribution is 2.34. The summed E-state index contributed by atoms with van der Waals surface area (Å²) in [4.78, 5) is 7.24. The lowest BCUT2D eigenvalue weighted by Crippen LogP contribution is -2.31. The number of fused-ring (bicyclic) bond motifs is 2. The van der Waals surface area contributed by atoms with Gasteiger partial charge in [0.2, 0.25) is 0 Å². The molecule has 0 aliphatic carbocycles. The molecule has 0 fully saturated rings. The van der Waals surface area contributed by atoms with E-state index in [-0.39, 0.29) is 0 Å². The van der Waals surface area contributed by atoms with Crippen LogP contribution in [0.2, 0.25) is 0 Å². The molecule has 1 aliphatic rings. The Bertz CT molecular complexity index is 936. The molecule has 0 unspecified atom stereocenters. The normalized spacial score (nSPS) is 13.9. The quantitative estimate of drug-likeness (QED) is 0.649. The first-order valence-electron chi connectivity index (χ1n) is 9.13. The molecule has 3 aromatic rings. The molecule has 3 heteroatoms. The second-order valence-corrected chi connectivity index (χ2v) is 6.80. The lowest BCUT2D eigenvalue weighted by Gasteiger charge is -2.30. The molecular weight excluding hydrogens is 306 g/mol. The van der Waals surface area contributed by atoms with E-state index >= 15 is 0 Å². The minimum Gasteiger partial charge on any atom is -0.350 e. The van der Waals surface area contributed by atoms with E-state index in [4.69, 9.17) is 4.98 Å². The zero-order valence-electron chi connectivity index (χ0n) is 15.1. The van der Waals surface area contributed by atoms with E-state index in [1.807, 2.05) is 12.3 Å². The molecule has 1 aromatic carbocycles. The van der Waals surface area contributed by atoms with E-state index in [2.05, 4.69) is 60.2 Å². The Hall–Kier alpha value is -2.55. The molecule has 25 heavy (non-hydrogen) atoms. The van der Waals surface area contributed by atoms with E-state index in [1.54, 1.807) is 0 Å². The van der Waals surface area contributed by atoms with Gasteiger partial charge in [-0.2, -0.15) is 0 Å². The number of hydrogen-bond acceptors (Lipinski definition) is 2. The maximum Gasteiger partial charge on any atom is 0.153 e. The first-order valence-corrected chi connectivity index (χ1v) is 9.13. The second kappa shape index (κ2) is 6.40. The molecule has 3 heterocycles. The van der Waals surface area contributed by atoms with Gasteiger partial charge < -0.3 is 9.47 Å². The van der Waals surface area contributed by atoms with Crippen LogP contribution in [0.25, 0.3) is 10.9 Å². The summed E-state index contributed by atoms with van der Waals surface area (Å²) < 4.78 is 2.40. The molecule has 128 valence electrons. The van der Waals surface area contributed by atoms with Gasteiger partial charge >= 0.3 is 0 Å². The van der Waals surface area contributed by atoms with Gasteiger partial charge in [0, 0.05) is 36.9 Å². The van der Waals surface area contributed by atoms with Gasteiger partial charge in [0.15, 0.2) is 5.82 Å². The summed E-state index contributed by atoms with van der Waals surface area (Å²) in [5.41, 5.74) is 6.91. The van der Waals surface area contributed by atoms with Crippen molar-refractivity contribution >= 4 is 16.7 Å². The number of benzene rings is 1. The van der Waals surface area contributed by atoms with Crippen LogP contribution < -0.4 is 4.90 Å². The summed E-state index contributed by atoms with van der Waals surface area (Å²) in [6.45, 7) is 11.2. The van der Waals surface area contributed by atoms with Gasteiger partial charge in [-0.3, -0.25) is 0 Å². The molecule has 0 bridgehead atoms. The summed E-state index contributed by atoms with van der Waals surface area (Å²) in [6.07, 6.45) is 6.05. The van der Waals surface area contributed by atoms with Crippen LogP contribution in [-0.2, 0) is 25.9 Å². The Morgan fingerprint density at radius 3 is 2.76 bits per heavy atom. The van der Waals surface area contributed by atoms with Crippen molar-refractivity contribution in [2.24, 2.45) is 0 Å². The Balaban J connectivity index is 1.87. The summed E-state index contributed by atoms with van der Waals surface area (Å²) in [7, 11) is 0. The van der Waals surface area contributed by atoms with Crippen molar-refractivity contribution in [3.05, 3.63) is 71.6 Å². The Morgan fingerprint density at radius 2 is 2.00 bits per heavy atom. The van der Waals surface area contributed by atoms with Crippen LogP contribution in [0.3, 0.4) is 0 Å². The van der Waals surface area contributed by atoms with Crippen molar-refractivity contribution in [3.8, 4) is 0 Å². The van der Waals surface area contributed by atoms with Crippen molar-refractivity contribution in [1.29, 1.82) is 0 Å². The van der Waals surface area contributed by atoms with Gasteiger partial charge in [-0.1, -0.05) is 37.3 Å². The highest BCUT2D eigenvalue weighted by Gasteiger charge is 2.22. The number of hydrogen-bond donors (Lipinski definition) is 0. The minimum atomic E-state index is 0.830. The van der Waals surface area contributed by atoms with Crippen LogP contribution in [0.1, 0.15) is 29.3 Å². The topological polar surface area (TPSA) is 21.1 Å². The molecule has 0 N–H and O–H groups in total. The SMILES string of the molecule is C=CCn1c(CC)c(C)c2ccnc(N3CCc4ccccc4C3)c21. The summed E-state index contributed by atoms with van der Waals surface area (Å²) in [5, 5.41) is 1.32. The Labute approximate surface area is 149 Å².